The Hall–Kier alpha value is -5.79. The molecule has 13 N–H and O–H groups in total. The number of carbonyl (C=O) groups is 9. The quantitative estimate of drug-likeness (QED) is 0.0557. The molecule has 1 aromatic carbocycles. The number of carboxylic acid groups (broad SMARTS) is 3. The number of benzene rings is 1. The number of primary amides is 1. The van der Waals surface area contributed by atoms with Crippen molar-refractivity contribution in [3.05, 3.63) is 35.9 Å². The molecule has 49 heavy (non-hydrogen) atoms. The van der Waals surface area contributed by atoms with Crippen LogP contribution in [0.4, 0.5) is 4.79 Å². The second-order valence-electron chi connectivity index (χ2n) is 10.9. The van der Waals surface area contributed by atoms with Crippen molar-refractivity contribution in [2.75, 3.05) is 6.54 Å². The zero-order chi connectivity index (χ0) is 37.3. The molecule has 20 heteroatoms. The zero-order valence-corrected chi connectivity index (χ0v) is 26.8. The second kappa shape index (κ2) is 20.4. The van der Waals surface area contributed by atoms with Crippen LogP contribution in [0.5, 0.6) is 0 Å². The molecule has 0 heterocycles. The standard InChI is InChI=1S/C29H42N8O12/c1-14(34-26(45)20(13-22(40)41)37-25(44)17(30)12-21(38)39)23(42)33-15(2)24(43)36-19(11-16-7-4-3-5-8-16)27(46)35-18(28(47)48)9-6-10-32-29(31)49/h3-5,7-8,14-15,17-20H,6,9-13,30H2,1-2H3,(H,33,42)(H,34,45)(H,35,46)(H,36,43)(H,37,44)(H,38,39)(H,40,41)(H,47,48)(H3,31,32,49)/t14-,15-,17-,18-,19-,20-/m0/s1. The topological polar surface area (TPSA) is 339 Å². The molecule has 1 aromatic rings. The molecule has 0 bridgehead atoms. The van der Waals surface area contributed by atoms with Gasteiger partial charge in [0, 0.05) is 13.0 Å². The van der Waals surface area contributed by atoms with E-state index < -0.39 is 103 Å². The van der Waals surface area contributed by atoms with Crippen LogP contribution < -0.4 is 43.4 Å². The third-order valence-corrected chi connectivity index (χ3v) is 6.75. The van der Waals surface area contributed by atoms with Crippen molar-refractivity contribution in [1.29, 1.82) is 0 Å². The van der Waals surface area contributed by atoms with Gasteiger partial charge in [-0.1, -0.05) is 30.3 Å². The van der Waals surface area contributed by atoms with Crippen LogP contribution in [0.25, 0.3) is 0 Å². The van der Waals surface area contributed by atoms with E-state index in [2.05, 4.69) is 26.6 Å². The highest BCUT2D eigenvalue weighted by Crippen LogP contribution is 2.06. The maximum Gasteiger partial charge on any atom is 0.326 e. The van der Waals surface area contributed by atoms with Crippen molar-refractivity contribution in [2.24, 2.45) is 11.5 Å². The maximum absolute atomic E-state index is 13.2. The van der Waals surface area contributed by atoms with Gasteiger partial charge in [-0.25, -0.2) is 9.59 Å². The summed E-state index contributed by atoms with van der Waals surface area (Å²) in [6.07, 6.45) is -1.70. The van der Waals surface area contributed by atoms with E-state index >= 15 is 0 Å². The largest absolute Gasteiger partial charge is 0.481 e. The van der Waals surface area contributed by atoms with E-state index in [1.54, 1.807) is 30.3 Å². The van der Waals surface area contributed by atoms with Gasteiger partial charge in [-0.2, -0.15) is 0 Å². The maximum atomic E-state index is 13.2. The second-order valence-corrected chi connectivity index (χ2v) is 10.9. The van der Waals surface area contributed by atoms with Crippen molar-refractivity contribution in [1.82, 2.24) is 31.9 Å². The van der Waals surface area contributed by atoms with Crippen molar-refractivity contribution < 1.29 is 58.5 Å². The number of hydrogen-bond acceptors (Lipinski definition) is 10. The van der Waals surface area contributed by atoms with Gasteiger partial charge in [-0.15, -0.1) is 0 Å². The minimum Gasteiger partial charge on any atom is -0.481 e. The van der Waals surface area contributed by atoms with Crippen molar-refractivity contribution in [3.8, 4) is 0 Å². The fourth-order valence-corrected chi connectivity index (χ4v) is 4.13. The number of amides is 7. The van der Waals surface area contributed by atoms with Crippen molar-refractivity contribution >= 4 is 53.5 Å². The molecule has 0 unspecified atom stereocenters. The van der Waals surface area contributed by atoms with Gasteiger partial charge in [0.1, 0.15) is 30.2 Å². The highest BCUT2D eigenvalue weighted by atomic mass is 16.4. The fraction of sp³-hybridized carbons (Fsp3) is 0.483. The van der Waals surface area contributed by atoms with Crippen LogP contribution in [0.1, 0.15) is 45.1 Å². The smallest absolute Gasteiger partial charge is 0.326 e. The lowest BCUT2D eigenvalue weighted by atomic mass is 10.0. The highest BCUT2D eigenvalue weighted by Gasteiger charge is 2.31. The summed E-state index contributed by atoms with van der Waals surface area (Å²) in [5, 5.41) is 41.2. The van der Waals surface area contributed by atoms with Gasteiger partial charge in [0.05, 0.1) is 18.9 Å². The summed E-state index contributed by atoms with van der Waals surface area (Å²) in [6.45, 7) is 2.53. The number of hydrogen-bond donors (Lipinski definition) is 11. The third-order valence-electron chi connectivity index (χ3n) is 6.75. The van der Waals surface area contributed by atoms with E-state index in [1.165, 1.54) is 13.8 Å². The molecule has 0 aliphatic heterocycles. The Kier molecular flexibility index (Phi) is 17.2. The predicted molar refractivity (Wildman–Crippen MR) is 168 cm³/mol. The first-order valence-corrected chi connectivity index (χ1v) is 14.9. The molecule has 6 atom stereocenters. The number of carboxylic acids is 3. The fourth-order valence-electron chi connectivity index (χ4n) is 4.13. The Morgan fingerprint density at radius 1 is 0.653 bits per heavy atom. The monoisotopic (exact) mass is 694 g/mol. The molecular weight excluding hydrogens is 652 g/mol. The number of nitrogens with one attached hydrogen (secondary N) is 6. The number of rotatable bonds is 21. The lowest BCUT2D eigenvalue weighted by Gasteiger charge is -2.24. The Labute approximate surface area is 280 Å². The molecule has 1 rings (SSSR count). The zero-order valence-electron chi connectivity index (χ0n) is 26.8. The van der Waals surface area contributed by atoms with Gasteiger partial charge in [-0.3, -0.25) is 33.6 Å². The highest BCUT2D eigenvalue weighted by molar-refractivity contribution is 5.97. The van der Waals surface area contributed by atoms with Gasteiger partial charge in [-0.05, 0) is 32.3 Å². The summed E-state index contributed by atoms with van der Waals surface area (Å²) in [5.74, 6) is -9.12. The van der Waals surface area contributed by atoms with Gasteiger partial charge in [0.15, 0.2) is 0 Å². The molecule has 0 spiro atoms. The number of carbonyl (C=O) groups excluding carboxylic acids is 6. The Bertz CT molecular complexity index is 1380. The summed E-state index contributed by atoms with van der Waals surface area (Å²) in [5.41, 5.74) is 11.1. The van der Waals surface area contributed by atoms with Crippen LogP contribution in [-0.2, 0) is 44.8 Å². The number of aliphatic carboxylic acids is 3. The number of urea groups is 1. The first-order chi connectivity index (χ1) is 22.9. The first-order valence-electron chi connectivity index (χ1n) is 14.9. The molecule has 0 aromatic heterocycles. The van der Waals surface area contributed by atoms with Crippen molar-refractivity contribution in [2.45, 2.75) is 82.2 Å². The van der Waals surface area contributed by atoms with Crippen LogP contribution in [0.3, 0.4) is 0 Å². The molecule has 270 valence electrons. The van der Waals surface area contributed by atoms with Crippen LogP contribution in [0, 0.1) is 0 Å². The SMILES string of the molecule is C[C@H](NC(=O)[C@H](C)NC(=O)[C@H](CC(=O)O)NC(=O)[C@@H](N)CC(=O)O)C(=O)N[C@@H](Cc1ccccc1)C(=O)N[C@@H](CCCNC(N)=O)C(=O)O. The molecule has 0 radical (unpaired) electrons. The van der Waals surface area contributed by atoms with Crippen LogP contribution >= 0.6 is 0 Å². The molecular formula is C29H42N8O12. The molecule has 7 amide bonds. The van der Waals surface area contributed by atoms with Gasteiger partial charge >= 0.3 is 23.9 Å². The Balaban J connectivity index is 2.95. The summed E-state index contributed by atoms with van der Waals surface area (Å²) in [6, 6.07) is -1.04. The van der Waals surface area contributed by atoms with Crippen LogP contribution in [0.15, 0.2) is 30.3 Å². The Morgan fingerprint density at radius 3 is 1.67 bits per heavy atom. The lowest BCUT2D eigenvalue weighted by Crippen LogP contribution is -2.58. The third kappa shape index (κ3) is 16.0. The van der Waals surface area contributed by atoms with E-state index in [1.807, 2.05) is 5.32 Å². The van der Waals surface area contributed by atoms with Gasteiger partial charge in [0.2, 0.25) is 29.5 Å². The molecule has 20 nitrogen and oxygen atoms in total. The van der Waals surface area contributed by atoms with E-state index in [4.69, 9.17) is 21.7 Å². The average molecular weight is 695 g/mol. The van der Waals surface area contributed by atoms with Crippen LogP contribution in [0.2, 0.25) is 0 Å². The molecule has 0 aliphatic carbocycles. The lowest BCUT2D eigenvalue weighted by molar-refractivity contribution is -0.143. The predicted octanol–water partition coefficient (Wildman–Crippen LogP) is -3.50. The summed E-state index contributed by atoms with van der Waals surface area (Å²) >= 11 is 0. The molecule has 0 saturated carbocycles. The summed E-state index contributed by atoms with van der Waals surface area (Å²) in [4.78, 5) is 109. The molecule has 0 fully saturated rings. The van der Waals surface area contributed by atoms with Crippen molar-refractivity contribution in [3.63, 3.8) is 0 Å². The minimum absolute atomic E-state index is 0.0606. The van der Waals surface area contributed by atoms with Crippen LogP contribution in [-0.4, -0.2) is 112 Å². The van der Waals surface area contributed by atoms with E-state index in [0.29, 0.717) is 5.56 Å². The van der Waals surface area contributed by atoms with E-state index in [0.717, 1.165) is 0 Å². The number of nitrogens with two attached hydrogens (primary N) is 2. The van der Waals surface area contributed by atoms with E-state index in [9.17, 15) is 48.3 Å². The van der Waals surface area contributed by atoms with Gasteiger partial charge < -0.3 is 58.7 Å². The summed E-state index contributed by atoms with van der Waals surface area (Å²) < 4.78 is 0. The molecule has 0 aliphatic rings. The minimum atomic E-state index is -1.73. The normalized spacial score (nSPS) is 14.3. The first kappa shape index (κ1) is 41.2. The summed E-state index contributed by atoms with van der Waals surface area (Å²) in [7, 11) is 0. The van der Waals surface area contributed by atoms with Gasteiger partial charge in [0.25, 0.3) is 0 Å². The van der Waals surface area contributed by atoms with E-state index in [-0.39, 0.29) is 25.8 Å². The average Bonchev–Trinajstić information content (AvgIpc) is 3.01. The Morgan fingerprint density at radius 2 is 1.14 bits per heavy atom. The molecule has 0 saturated heterocycles.